The highest BCUT2D eigenvalue weighted by Crippen LogP contribution is 2.29. The van der Waals surface area contributed by atoms with Gasteiger partial charge in [0.2, 0.25) is 0 Å². The number of alkyl halides is 3. The van der Waals surface area contributed by atoms with Gasteiger partial charge in [0.25, 0.3) is 5.91 Å². The van der Waals surface area contributed by atoms with E-state index in [2.05, 4.69) is 12.2 Å². The molecule has 1 aromatic carbocycles. The number of nitrogens with one attached hydrogen (secondary N) is 1. The molecule has 2 nitrogen and oxygen atoms in total. The van der Waals surface area contributed by atoms with Crippen LogP contribution in [0.15, 0.2) is 24.3 Å². The minimum absolute atomic E-state index is 0.0535. The van der Waals surface area contributed by atoms with Crippen molar-refractivity contribution >= 4 is 5.91 Å². The van der Waals surface area contributed by atoms with E-state index in [9.17, 15) is 18.0 Å². The minimum Gasteiger partial charge on any atom is -0.352 e. The summed E-state index contributed by atoms with van der Waals surface area (Å²) in [7, 11) is 0. The summed E-state index contributed by atoms with van der Waals surface area (Å²) in [5, 5.41) is 2.67. The number of carbonyl (C=O) groups excluding carboxylic acids is 1. The molecule has 1 aromatic rings. The van der Waals surface area contributed by atoms with Gasteiger partial charge < -0.3 is 5.32 Å². The molecular formula is C17H24F3NO. The van der Waals surface area contributed by atoms with Crippen LogP contribution < -0.4 is 5.32 Å². The zero-order chi connectivity index (χ0) is 16.4. The third-order valence-electron chi connectivity index (χ3n) is 3.52. The Labute approximate surface area is 130 Å². The lowest BCUT2D eigenvalue weighted by Gasteiger charge is -2.09. The number of benzene rings is 1. The largest absolute Gasteiger partial charge is 0.416 e. The SMILES string of the molecule is CCCCCCCCCNC(=O)c1cccc(C(F)(F)F)c1. The van der Waals surface area contributed by atoms with Crippen LogP contribution in [0.5, 0.6) is 0 Å². The van der Waals surface area contributed by atoms with Gasteiger partial charge in [-0.2, -0.15) is 13.2 Å². The van der Waals surface area contributed by atoms with E-state index in [1.807, 2.05) is 0 Å². The molecule has 0 aliphatic rings. The van der Waals surface area contributed by atoms with Gasteiger partial charge in [0.1, 0.15) is 0 Å². The Morgan fingerprint density at radius 2 is 1.68 bits per heavy atom. The molecule has 5 heteroatoms. The number of rotatable bonds is 9. The molecule has 1 rings (SSSR count). The molecule has 0 aromatic heterocycles. The fourth-order valence-corrected chi connectivity index (χ4v) is 2.22. The van der Waals surface area contributed by atoms with Crippen molar-refractivity contribution in [2.45, 2.75) is 58.0 Å². The first-order valence-electron chi connectivity index (χ1n) is 7.90. The van der Waals surface area contributed by atoms with Crippen LogP contribution in [0.25, 0.3) is 0 Å². The summed E-state index contributed by atoms with van der Waals surface area (Å²) in [6.45, 7) is 2.67. The van der Waals surface area contributed by atoms with E-state index in [0.29, 0.717) is 6.54 Å². The third-order valence-corrected chi connectivity index (χ3v) is 3.52. The lowest BCUT2D eigenvalue weighted by molar-refractivity contribution is -0.137. The Kier molecular flexibility index (Phi) is 7.99. The molecule has 0 saturated carbocycles. The van der Waals surface area contributed by atoms with Crippen LogP contribution >= 0.6 is 0 Å². The molecule has 0 heterocycles. The molecule has 0 fully saturated rings. The van der Waals surface area contributed by atoms with Gasteiger partial charge in [-0.15, -0.1) is 0 Å². The fraction of sp³-hybridized carbons (Fsp3) is 0.588. The first-order chi connectivity index (χ1) is 10.4. The lowest BCUT2D eigenvalue weighted by Crippen LogP contribution is -2.24. The average Bonchev–Trinajstić information content (AvgIpc) is 2.49. The van der Waals surface area contributed by atoms with Crippen molar-refractivity contribution in [1.29, 1.82) is 0 Å². The van der Waals surface area contributed by atoms with Crippen LogP contribution in [0, 0.1) is 0 Å². The van der Waals surface area contributed by atoms with Gasteiger partial charge >= 0.3 is 6.18 Å². The summed E-state index contributed by atoms with van der Waals surface area (Å²) < 4.78 is 37.7. The van der Waals surface area contributed by atoms with Crippen LogP contribution in [-0.2, 0) is 6.18 Å². The maximum absolute atomic E-state index is 12.6. The highest BCUT2D eigenvalue weighted by molar-refractivity contribution is 5.94. The molecule has 0 aliphatic carbocycles. The quantitative estimate of drug-likeness (QED) is 0.625. The second-order valence-corrected chi connectivity index (χ2v) is 5.46. The van der Waals surface area contributed by atoms with E-state index in [0.717, 1.165) is 31.4 Å². The topological polar surface area (TPSA) is 29.1 Å². The lowest BCUT2D eigenvalue weighted by atomic mass is 10.1. The van der Waals surface area contributed by atoms with Gasteiger partial charge in [0.05, 0.1) is 5.56 Å². The smallest absolute Gasteiger partial charge is 0.352 e. The molecule has 0 atom stereocenters. The highest BCUT2D eigenvalue weighted by atomic mass is 19.4. The molecule has 1 N–H and O–H groups in total. The van der Waals surface area contributed by atoms with Crippen molar-refractivity contribution in [3.8, 4) is 0 Å². The summed E-state index contributed by atoms with van der Waals surface area (Å²) in [6, 6.07) is 4.51. The van der Waals surface area contributed by atoms with Gasteiger partial charge in [-0.05, 0) is 24.6 Å². The molecule has 0 saturated heterocycles. The highest BCUT2D eigenvalue weighted by Gasteiger charge is 2.30. The summed E-state index contributed by atoms with van der Waals surface area (Å²) in [5.41, 5.74) is -0.742. The van der Waals surface area contributed by atoms with Gasteiger partial charge in [-0.1, -0.05) is 51.5 Å². The normalized spacial score (nSPS) is 11.5. The maximum atomic E-state index is 12.6. The number of hydrogen-bond acceptors (Lipinski definition) is 1. The Morgan fingerprint density at radius 1 is 1.05 bits per heavy atom. The molecular weight excluding hydrogens is 291 g/mol. The predicted molar refractivity (Wildman–Crippen MR) is 81.8 cm³/mol. The van der Waals surface area contributed by atoms with Crippen LogP contribution in [0.3, 0.4) is 0 Å². The zero-order valence-electron chi connectivity index (χ0n) is 13.0. The van der Waals surface area contributed by atoms with Crippen molar-refractivity contribution in [2.75, 3.05) is 6.54 Å². The molecule has 0 bridgehead atoms. The first kappa shape index (κ1) is 18.5. The van der Waals surface area contributed by atoms with E-state index in [1.54, 1.807) is 0 Å². The van der Waals surface area contributed by atoms with E-state index < -0.39 is 17.6 Å². The second-order valence-electron chi connectivity index (χ2n) is 5.46. The molecule has 0 spiro atoms. The van der Waals surface area contributed by atoms with Gasteiger partial charge in [0, 0.05) is 12.1 Å². The number of amides is 1. The van der Waals surface area contributed by atoms with Crippen LogP contribution in [0.1, 0.15) is 67.8 Å². The zero-order valence-corrected chi connectivity index (χ0v) is 13.0. The molecule has 0 radical (unpaired) electrons. The molecule has 0 aliphatic heterocycles. The third kappa shape index (κ3) is 6.96. The van der Waals surface area contributed by atoms with Crippen molar-refractivity contribution in [2.24, 2.45) is 0 Å². The van der Waals surface area contributed by atoms with E-state index in [4.69, 9.17) is 0 Å². The van der Waals surface area contributed by atoms with Crippen molar-refractivity contribution in [1.82, 2.24) is 5.32 Å². The molecule has 22 heavy (non-hydrogen) atoms. The fourth-order valence-electron chi connectivity index (χ4n) is 2.22. The van der Waals surface area contributed by atoms with E-state index in [1.165, 1.54) is 37.8 Å². The van der Waals surface area contributed by atoms with Crippen molar-refractivity contribution < 1.29 is 18.0 Å². The number of halogens is 3. The molecule has 0 unspecified atom stereocenters. The van der Waals surface area contributed by atoms with Gasteiger partial charge in [-0.25, -0.2) is 0 Å². The summed E-state index contributed by atoms with van der Waals surface area (Å²) in [5.74, 6) is -0.447. The number of hydrogen-bond donors (Lipinski definition) is 1. The Balaban J connectivity index is 2.28. The molecule has 124 valence electrons. The van der Waals surface area contributed by atoms with E-state index in [-0.39, 0.29) is 5.56 Å². The van der Waals surface area contributed by atoms with Crippen LogP contribution in [0.4, 0.5) is 13.2 Å². The maximum Gasteiger partial charge on any atom is 0.416 e. The predicted octanol–water partition coefficient (Wildman–Crippen LogP) is 5.19. The van der Waals surface area contributed by atoms with Crippen LogP contribution in [-0.4, -0.2) is 12.5 Å². The standard InChI is InChI=1S/C17H24F3NO/c1-2-3-4-5-6-7-8-12-21-16(22)14-10-9-11-15(13-14)17(18,19)20/h9-11,13H,2-8,12H2,1H3,(H,21,22). The second kappa shape index (κ2) is 9.49. The summed E-state index contributed by atoms with van der Waals surface area (Å²) >= 11 is 0. The van der Waals surface area contributed by atoms with Crippen molar-refractivity contribution in [3.63, 3.8) is 0 Å². The Hall–Kier alpha value is -1.52. The van der Waals surface area contributed by atoms with Crippen molar-refractivity contribution in [3.05, 3.63) is 35.4 Å². The molecule has 1 amide bonds. The summed E-state index contributed by atoms with van der Waals surface area (Å²) in [6.07, 6.45) is 3.53. The monoisotopic (exact) mass is 315 g/mol. The van der Waals surface area contributed by atoms with Gasteiger partial charge in [0.15, 0.2) is 0 Å². The number of carbonyl (C=O) groups is 1. The summed E-state index contributed by atoms with van der Waals surface area (Å²) in [4.78, 5) is 11.8. The Morgan fingerprint density at radius 3 is 2.32 bits per heavy atom. The van der Waals surface area contributed by atoms with Gasteiger partial charge in [-0.3, -0.25) is 4.79 Å². The first-order valence-corrected chi connectivity index (χ1v) is 7.90. The van der Waals surface area contributed by atoms with E-state index >= 15 is 0 Å². The Bertz CT molecular complexity index is 457. The van der Waals surface area contributed by atoms with Crippen LogP contribution in [0.2, 0.25) is 0 Å². The number of unbranched alkanes of at least 4 members (excludes halogenated alkanes) is 6. The average molecular weight is 315 g/mol. The minimum atomic E-state index is -4.42.